The van der Waals surface area contributed by atoms with Gasteiger partial charge in [0.15, 0.2) is 0 Å². The zero-order valence-corrected chi connectivity index (χ0v) is 13.1. The van der Waals surface area contributed by atoms with Crippen LogP contribution in [0.2, 0.25) is 0 Å². The first-order valence-corrected chi connectivity index (χ1v) is 7.14. The Morgan fingerprint density at radius 1 is 1.19 bits per heavy atom. The lowest BCUT2D eigenvalue weighted by Crippen LogP contribution is -2.54. The second kappa shape index (κ2) is 10.1. The first kappa shape index (κ1) is 19.4. The van der Waals surface area contributed by atoms with Gasteiger partial charge in [0.2, 0.25) is 11.8 Å². The molecule has 1 unspecified atom stereocenters. The van der Waals surface area contributed by atoms with Crippen molar-refractivity contribution in [1.29, 1.82) is 0 Å². The van der Waals surface area contributed by atoms with Gasteiger partial charge in [-0.25, -0.2) is 4.79 Å². The molecule has 0 spiro atoms. The molecule has 0 heterocycles. The van der Waals surface area contributed by atoms with Crippen molar-refractivity contribution in [3.05, 3.63) is 0 Å². The summed E-state index contributed by atoms with van der Waals surface area (Å²) in [5.41, 5.74) is 0. The Morgan fingerprint density at radius 3 is 2.24 bits per heavy atom. The molecule has 0 aliphatic rings. The van der Waals surface area contributed by atoms with Crippen molar-refractivity contribution in [2.45, 2.75) is 52.1 Å². The minimum atomic E-state index is -1.07. The van der Waals surface area contributed by atoms with E-state index in [1.54, 1.807) is 13.8 Å². The molecule has 0 aliphatic heterocycles. The van der Waals surface area contributed by atoms with Crippen molar-refractivity contribution in [3.63, 3.8) is 0 Å². The Bertz CT molecular complexity index is 357. The number of carboxylic acid groups (broad SMARTS) is 1. The van der Waals surface area contributed by atoms with Crippen molar-refractivity contribution >= 4 is 17.8 Å². The Balaban J connectivity index is 4.71. The number of nitrogens with one attached hydrogen (secondary N) is 2. The number of rotatable bonds is 10. The van der Waals surface area contributed by atoms with E-state index in [9.17, 15) is 14.4 Å². The SMILES string of the molecule is CCCCC(NC(=O)[C@@H](NC(=O)COC)C(C)C)C(=O)O. The van der Waals surface area contributed by atoms with Crippen molar-refractivity contribution in [2.75, 3.05) is 13.7 Å². The van der Waals surface area contributed by atoms with Crippen LogP contribution < -0.4 is 10.6 Å². The molecule has 0 bridgehead atoms. The first-order chi connectivity index (χ1) is 9.83. The molecule has 122 valence electrons. The number of methoxy groups -OCH3 is 1. The maximum Gasteiger partial charge on any atom is 0.326 e. The second-order valence-electron chi connectivity index (χ2n) is 5.26. The van der Waals surface area contributed by atoms with E-state index in [2.05, 4.69) is 10.6 Å². The zero-order valence-electron chi connectivity index (χ0n) is 13.1. The van der Waals surface area contributed by atoms with Gasteiger partial charge in [0.05, 0.1) is 0 Å². The van der Waals surface area contributed by atoms with Crippen LogP contribution in [0.15, 0.2) is 0 Å². The second-order valence-corrected chi connectivity index (χ2v) is 5.26. The molecular formula is C14H26N2O5. The molecule has 0 saturated carbocycles. The summed E-state index contributed by atoms with van der Waals surface area (Å²) < 4.78 is 4.70. The molecule has 0 aromatic heterocycles. The molecule has 0 aliphatic carbocycles. The Kier molecular flexibility index (Phi) is 9.36. The normalized spacial score (nSPS) is 13.6. The quantitative estimate of drug-likeness (QED) is 0.546. The van der Waals surface area contributed by atoms with Crippen LogP contribution in [0.1, 0.15) is 40.0 Å². The maximum absolute atomic E-state index is 12.2. The molecule has 21 heavy (non-hydrogen) atoms. The predicted octanol–water partition coefficient (Wildman–Crippen LogP) is 0.533. The third kappa shape index (κ3) is 7.65. The molecule has 0 aromatic carbocycles. The number of ether oxygens (including phenoxy) is 1. The zero-order chi connectivity index (χ0) is 16.4. The van der Waals surface area contributed by atoms with E-state index in [1.807, 2.05) is 6.92 Å². The summed E-state index contributed by atoms with van der Waals surface area (Å²) >= 11 is 0. The Hall–Kier alpha value is -1.63. The van der Waals surface area contributed by atoms with Crippen LogP contribution in [-0.2, 0) is 19.1 Å². The largest absolute Gasteiger partial charge is 0.480 e. The van der Waals surface area contributed by atoms with Gasteiger partial charge in [0, 0.05) is 7.11 Å². The van der Waals surface area contributed by atoms with Crippen molar-refractivity contribution in [3.8, 4) is 0 Å². The highest BCUT2D eigenvalue weighted by atomic mass is 16.5. The Morgan fingerprint density at radius 2 is 1.81 bits per heavy atom. The fraction of sp³-hybridized carbons (Fsp3) is 0.786. The summed E-state index contributed by atoms with van der Waals surface area (Å²) in [6, 6.07) is -1.71. The summed E-state index contributed by atoms with van der Waals surface area (Å²) in [5.74, 6) is -2.13. The van der Waals surface area contributed by atoms with Crippen LogP contribution in [0.25, 0.3) is 0 Å². The third-order valence-electron chi connectivity index (χ3n) is 3.00. The molecular weight excluding hydrogens is 276 g/mol. The van der Waals surface area contributed by atoms with E-state index < -0.39 is 29.9 Å². The number of aliphatic carboxylic acids is 1. The molecule has 3 N–H and O–H groups in total. The molecule has 0 rings (SSSR count). The highest BCUT2D eigenvalue weighted by molar-refractivity contribution is 5.90. The van der Waals surface area contributed by atoms with Crippen LogP contribution in [0.3, 0.4) is 0 Å². The van der Waals surface area contributed by atoms with Crippen LogP contribution >= 0.6 is 0 Å². The van der Waals surface area contributed by atoms with Gasteiger partial charge in [-0.15, -0.1) is 0 Å². The van der Waals surface area contributed by atoms with E-state index in [1.165, 1.54) is 7.11 Å². The number of amides is 2. The van der Waals surface area contributed by atoms with Crippen LogP contribution in [-0.4, -0.2) is 48.7 Å². The minimum Gasteiger partial charge on any atom is -0.480 e. The van der Waals surface area contributed by atoms with Gasteiger partial charge in [-0.3, -0.25) is 9.59 Å². The molecule has 7 nitrogen and oxygen atoms in total. The molecule has 2 atom stereocenters. The van der Waals surface area contributed by atoms with E-state index in [0.717, 1.165) is 6.42 Å². The lowest BCUT2D eigenvalue weighted by atomic mass is 10.0. The number of hydrogen-bond donors (Lipinski definition) is 3. The number of carbonyl (C=O) groups excluding carboxylic acids is 2. The molecule has 0 saturated heterocycles. The summed E-state index contributed by atoms with van der Waals surface area (Å²) in [6.45, 7) is 5.36. The third-order valence-corrected chi connectivity index (χ3v) is 3.00. The van der Waals surface area contributed by atoms with E-state index in [4.69, 9.17) is 9.84 Å². The number of carboxylic acids is 1. The van der Waals surface area contributed by atoms with E-state index in [-0.39, 0.29) is 12.5 Å². The summed E-state index contributed by atoms with van der Waals surface area (Å²) in [4.78, 5) is 34.8. The fourth-order valence-corrected chi connectivity index (χ4v) is 1.81. The van der Waals surface area contributed by atoms with Gasteiger partial charge < -0.3 is 20.5 Å². The van der Waals surface area contributed by atoms with E-state index >= 15 is 0 Å². The molecule has 2 amide bonds. The highest BCUT2D eigenvalue weighted by Gasteiger charge is 2.28. The van der Waals surface area contributed by atoms with Gasteiger partial charge in [-0.05, 0) is 12.3 Å². The van der Waals surface area contributed by atoms with Crippen molar-refractivity contribution in [2.24, 2.45) is 5.92 Å². The van der Waals surface area contributed by atoms with Gasteiger partial charge in [0.1, 0.15) is 18.7 Å². The maximum atomic E-state index is 12.2. The number of hydrogen-bond acceptors (Lipinski definition) is 4. The predicted molar refractivity (Wildman–Crippen MR) is 77.7 cm³/mol. The van der Waals surface area contributed by atoms with Gasteiger partial charge in [-0.2, -0.15) is 0 Å². The number of unbranched alkanes of at least 4 members (excludes halogenated alkanes) is 1. The molecule has 7 heteroatoms. The number of carbonyl (C=O) groups is 3. The summed E-state index contributed by atoms with van der Waals surface area (Å²) in [5, 5.41) is 14.1. The van der Waals surface area contributed by atoms with Gasteiger partial charge in [0.25, 0.3) is 0 Å². The topological polar surface area (TPSA) is 105 Å². The van der Waals surface area contributed by atoms with E-state index in [0.29, 0.717) is 12.8 Å². The Labute approximate surface area is 125 Å². The van der Waals surface area contributed by atoms with Crippen molar-refractivity contribution in [1.82, 2.24) is 10.6 Å². The lowest BCUT2D eigenvalue weighted by Gasteiger charge is -2.24. The molecule has 0 fully saturated rings. The lowest BCUT2D eigenvalue weighted by molar-refractivity contribution is -0.142. The van der Waals surface area contributed by atoms with Gasteiger partial charge in [-0.1, -0.05) is 33.6 Å². The minimum absolute atomic E-state index is 0.144. The molecule has 0 aromatic rings. The summed E-state index contributed by atoms with van der Waals surface area (Å²) in [6.07, 6.45) is 1.92. The highest BCUT2D eigenvalue weighted by Crippen LogP contribution is 2.05. The fourth-order valence-electron chi connectivity index (χ4n) is 1.81. The van der Waals surface area contributed by atoms with Crippen LogP contribution in [0.5, 0.6) is 0 Å². The average Bonchev–Trinajstić information content (AvgIpc) is 2.40. The average molecular weight is 302 g/mol. The standard InChI is InChI=1S/C14H26N2O5/c1-5-6-7-10(14(19)20)15-13(18)12(9(2)3)16-11(17)8-21-4/h9-10,12H,5-8H2,1-4H3,(H,15,18)(H,16,17)(H,19,20)/t10?,12-/m0/s1. The smallest absolute Gasteiger partial charge is 0.326 e. The summed E-state index contributed by atoms with van der Waals surface area (Å²) in [7, 11) is 1.38. The van der Waals surface area contributed by atoms with Gasteiger partial charge >= 0.3 is 5.97 Å². The van der Waals surface area contributed by atoms with Crippen molar-refractivity contribution < 1.29 is 24.2 Å². The first-order valence-electron chi connectivity index (χ1n) is 7.14. The monoisotopic (exact) mass is 302 g/mol. The van der Waals surface area contributed by atoms with Crippen LogP contribution in [0, 0.1) is 5.92 Å². The van der Waals surface area contributed by atoms with Crippen LogP contribution in [0.4, 0.5) is 0 Å². The molecule has 0 radical (unpaired) electrons.